The molecule has 86 valence electrons. The summed E-state index contributed by atoms with van der Waals surface area (Å²) in [5, 5.41) is 0. The van der Waals surface area contributed by atoms with E-state index >= 15 is 0 Å². The van der Waals surface area contributed by atoms with Gasteiger partial charge in [0.2, 0.25) is 0 Å². The Kier molecular flexibility index (Phi) is 2.45. The number of carbonyl (C=O) groups excluding carboxylic acids is 1. The molecule has 0 aromatic rings. The van der Waals surface area contributed by atoms with Gasteiger partial charge in [-0.25, -0.2) is 0 Å². The maximum absolute atomic E-state index is 11.1. The molecule has 0 aromatic heterocycles. The molecule has 15 heavy (non-hydrogen) atoms. The minimum Gasteiger partial charge on any atom is -0.366 e. The van der Waals surface area contributed by atoms with Crippen LogP contribution in [0.15, 0.2) is 0 Å². The van der Waals surface area contributed by atoms with Gasteiger partial charge >= 0.3 is 0 Å². The molecule has 0 amide bonds. The second-order valence-electron chi connectivity index (χ2n) is 6.11. The van der Waals surface area contributed by atoms with Crippen LogP contribution < -0.4 is 0 Å². The second-order valence-corrected chi connectivity index (χ2v) is 6.11. The number of ether oxygens (including phenoxy) is 1. The predicted octanol–water partition coefficient (Wildman–Crippen LogP) is 2.95. The molecular weight excluding hydrogens is 188 g/mol. The van der Waals surface area contributed by atoms with E-state index in [1.54, 1.807) is 6.92 Å². The highest BCUT2D eigenvalue weighted by Gasteiger charge is 2.63. The number of hydrogen-bond donors (Lipinski definition) is 0. The van der Waals surface area contributed by atoms with E-state index in [2.05, 4.69) is 20.8 Å². The van der Waals surface area contributed by atoms with Gasteiger partial charge in [0.1, 0.15) is 5.78 Å². The fourth-order valence-corrected chi connectivity index (χ4v) is 3.40. The lowest BCUT2D eigenvalue weighted by atomic mass is 9.62. The van der Waals surface area contributed by atoms with E-state index in [0.717, 1.165) is 6.42 Å². The van der Waals surface area contributed by atoms with Crippen LogP contribution in [0.3, 0.4) is 0 Å². The van der Waals surface area contributed by atoms with Crippen LogP contribution in [0.25, 0.3) is 0 Å². The lowest BCUT2D eigenvalue weighted by Crippen LogP contribution is -2.40. The first-order valence-corrected chi connectivity index (χ1v) is 6.03. The summed E-state index contributed by atoms with van der Waals surface area (Å²) in [6.45, 7) is 8.55. The summed E-state index contributed by atoms with van der Waals surface area (Å²) in [5.74, 6) is 0.852. The van der Waals surface area contributed by atoms with Gasteiger partial charge < -0.3 is 9.53 Å². The Balaban J connectivity index is 2.07. The molecule has 1 saturated carbocycles. The van der Waals surface area contributed by atoms with E-state index in [4.69, 9.17) is 4.74 Å². The summed E-state index contributed by atoms with van der Waals surface area (Å²) in [6, 6.07) is 0. The van der Waals surface area contributed by atoms with Crippen LogP contribution in [0.4, 0.5) is 0 Å². The molecule has 1 saturated heterocycles. The molecular formula is C13H22O2. The van der Waals surface area contributed by atoms with Crippen molar-refractivity contribution < 1.29 is 9.53 Å². The van der Waals surface area contributed by atoms with Gasteiger partial charge in [-0.05, 0) is 44.4 Å². The van der Waals surface area contributed by atoms with Crippen LogP contribution >= 0.6 is 0 Å². The lowest BCUT2D eigenvalue weighted by molar-refractivity contribution is -0.117. The van der Waals surface area contributed by atoms with Crippen LogP contribution in [-0.2, 0) is 9.53 Å². The average Bonchev–Trinajstić information content (AvgIpc) is 2.74. The van der Waals surface area contributed by atoms with Crippen molar-refractivity contribution in [2.75, 3.05) is 0 Å². The Hall–Kier alpha value is -0.370. The molecule has 0 spiro atoms. The van der Waals surface area contributed by atoms with Gasteiger partial charge in [0.15, 0.2) is 0 Å². The third-order valence-electron chi connectivity index (χ3n) is 4.45. The zero-order valence-corrected chi connectivity index (χ0v) is 10.3. The minimum absolute atomic E-state index is 0.0806. The van der Waals surface area contributed by atoms with E-state index in [0.29, 0.717) is 29.6 Å². The first-order chi connectivity index (χ1) is 6.86. The minimum atomic E-state index is 0.0806. The third-order valence-corrected chi connectivity index (χ3v) is 4.45. The highest BCUT2D eigenvalue weighted by molar-refractivity contribution is 5.75. The molecule has 0 aromatic carbocycles. The Labute approximate surface area is 92.4 Å². The van der Waals surface area contributed by atoms with E-state index in [1.807, 2.05) is 0 Å². The Morgan fingerprint density at radius 1 is 1.40 bits per heavy atom. The molecule has 1 aliphatic heterocycles. The second kappa shape index (κ2) is 3.31. The van der Waals surface area contributed by atoms with Crippen LogP contribution in [0.1, 0.15) is 53.4 Å². The van der Waals surface area contributed by atoms with Gasteiger partial charge in [0, 0.05) is 6.42 Å². The highest BCUT2D eigenvalue weighted by Crippen LogP contribution is 2.59. The normalized spacial score (nSPS) is 42.1. The van der Waals surface area contributed by atoms with Gasteiger partial charge in [-0.3, -0.25) is 0 Å². The number of carbonyl (C=O) groups is 1. The fraction of sp³-hybridized carbons (Fsp3) is 0.923. The molecule has 1 heterocycles. The molecule has 0 radical (unpaired) electrons. The summed E-state index contributed by atoms with van der Waals surface area (Å²) >= 11 is 0. The van der Waals surface area contributed by atoms with Crippen LogP contribution in [0.2, 0.25) is 0 Å². The first kappa shape index (κ1) is 11.1. The number of fused-ring (bicyclic) bond motifs is 1. The van der Waals surface area contributed by atoms with Gasteiger partial charge in [-0.15, -0.1) is 0 Å². The summed E-state index contributed by atoms with van der Waals surface area (Å²) in [7, 11) is 0. The van der Waals surface area contributed by atoms with Crippen molar-refractivity contribution in [3.8, 4) is 0 Å². The maximum atomic E-state index is 11.1. The monoisotopic (exact) mass is 210 g/mol. The fourth-order valence-electron chi connectivity index (χ4n) is 3.40. The lowest BCUT2D eigenvalue weighted by Gasteiger charge is -2.40. The van der Waals surface area contributed by atoms with Crippen molar-refractivity contribution in [3.05, 3.63) is 0 Å². The van der Waals surface area contributed by atoms with Gasteiger partial charge in [-0.1, -0.05) is 13.8 Å². The van der Waals surface area contributed by atoms with Crippen molar-refractivity contribution in [2.45, 2.75) is 65.1 Å². The van der Waals surface area contributed by atoms with Crippen molar-refractivity contribution in [1.82, 2.24) is 0 Å². The topological polar surface area (TPSA) is 29.6 Å². The molecule has 1 aliphatic carbocycles. The predicted molar refractivity (Wildman–Crippen MR) is 59.7 cm³/mol. The number of rotatable bonds is 3. The Morgan fingerprint density at radius 3 is 2.67 bits per heavy atom. The van der Waals surface area contributed by atoms with Crippen LogP contribution in [0.5, 0.6) is 0 Å². The third kappa shape index (κ3) is 1.84. The van der Waals surface area contributed by atoms with Crippen molar-refractivity contribution >= 4 is 5.78 Å². The molecule has 0 N–H and O–H groups in total. The standard InChI is InChI=1S/C13H22O2/c1-9(14)5-6-10-12(2,3)8-7-11-13(10,4)15-11/h10-11H,5-8H2,1-4H3. The van der Waals surface area contributed by atoms with Gasteiger partial charge in [0.25, 0.3) is 0 Å². The maximum Gasteiger partial charge on any atom is 0.129 e. The average molecular weight is 210 g/mol. The highest BCUT2D eigenvalue weighted by atomic mass is 16.6. The molecule has 3 unspecified atom stereocenters. The Bertz CT molecular complexity index is 278. The summed E-state index contributed by atoms with van der Waals surface area (Å²) < 4.78 is 5.83. The molecule has 2 aliphatic rings. The van der Waals surface area contributed by atoms with Crippen molar-refractivity contribution in [2.24, 2.45) is 11.3 Å². The van der Waals surface area contributed by atoms with Gasteiger partial charge in [-0.2, -0.15) is 0 Å². The van der Waals surface area contributed by atoms with E-state index in [9.17, 15) is 4.79 Å². The SMILES string of the molecule is CC(=O)CCC1C(C)(C)CCC2OC21C. The number of epoxide rings is 1. The molecule has 2 rings (SSSR count). The quantitative estimate of drug-likeness (QED) is 0.670. The van der Waals surface area contributed by atoms with E-state index in [1.165, 1.54) is 12.8 Å². The summed E-state index contributed by atoms with van der Waals surface area (Å²) in [6.07, 6.45) is 4.60. The van der Waals surface area contributed by atoms with Crippen LogP contribution in [0, 0.1) is 11.3 Å². The van der Waals surface area contributed by atoms with Crippen molar-refractivity contribution in [3.63, 3.8) is 0 Å². The Morgan fingerprint density at radius 2 is 2.07 bits per heavy atom. The molecule has 0 bridgehead atoms. The zero-order chi connectivity index (χ0) is 11.3. The van der Waals surface area contributed by atoms with Crippen LogP contribution in [-0.4, -0.2) is 17.5 Å². The smallest absolute Gasteiger partial charge is 0.129 e. The van der Waals surface area contributed by atoms with E-state index in [-0.39, 0.29) is 5.60 Å². The van der Waals surface area contributed by atoms with E-state index < -0.39 is 0 Å². The molecule has 2 fully saturated rings. The zero-order valence-electron chi connectivity index (χ0n) is 10.3. The summed E-state index contributed by atoms with van der Waals surface area (Å²) in [5.41, 5.74) is 0.411. The summed E-state index contributed by atoms with van der Waals surface area (Å²) in [4.78, 5) is 11.1. The number of ketones is 1. The largest absolute Gasteiger partial charge is 0.366 e. The molecule has 2 heteroatoms. The van der Waals surface area contributed by atoms with Crippen molar-refractivity contribution in [1.29, 1.82) is 0 Å². The van der Waals surface area contributed by atoms with Gasteiger partial charge in [0.05, 0.1) is 11.7 Å². The number of Topliss-reactive ketones (excluding diaryl/α,β-unsaturated/α-hetero) is 1. The number of hydrogen-bond acceptors (Lipinski definition) is 2. The molecule has 2 nitrogen and oxygen atoms in total. The first-order valence-electron chi connectivity index (χ1n) is 6.03. The molecule has 3 atom stereocenters.